The van der Waals surface area contributed by atoms with Crippen molar-refractivity contribution in [1.29, 1.82) is 0 Å². The molecule has 1 aliphatic carbocycles. The highest BCUT2D eigenvalue weighted by Crippen LogP contribution is 2.22. The first-order valence-corrected chi connectivity index (χ1v) is 7.16. The lowest BCUT2D eigenvalue weighted by molar-refractivity contribution is 0.391. The van der Waals surface area contributed by atoms with Crippen molar-refractivity contribution in [3.63, 3.8) is 0 Å². The molecule has 5 heteroatoms. The summed E-state index contributed by atoms with van der Waals surface area (Å²) in [5.74, 6) is 2.10. The SMILES string of the molecule is CN=C(NCC(C)c1c(C)noc1C)NC1CC=CC1. The molecule has 0 aromatic carbocycles. The molecule has 20 heavy (non-hydrogen) atoms. The largest absolute Gasteiger partial charge is 0.361 e. The minimum atomic E-state index is 0.335. The number of hydrogen-bond donors (Lipinski definition) is 2. The Kier molecular flexibility index (Phi) is 4.82. The Bertz CT molecular complexity index is 476. The van der Waals surface area contributed by atoms with Crippen LogP contribution in [0, 0.1) is 13.8 Å². The molecule has 0 saturated carbocycles. The van der Waals surface area contributed by atoms with Crippen molar-refractivity contribution >= 4 is 5.96 Å². The average molecular weight is 276 g/mol. The Morgan fingerprint density at radius 3 is 2.70 bits per heavy atom. The summed E-state index contributed by atoms with van der Waals surface area (Å²) >= 11 is 0. The zero-order chi connectivity index (χ0) is 14.5. The molecule has 2 N–H and O–H groups in total. The van der Waals surface area contributed by atoms with E-state index in [4.69, 9.17) is 4.52 Å². The summed E-state index contributed by atoms with van der Waals surface area (Å²) in [6.45, 7) is 6.93. The fourth-order valence-corrected chi connectivity index (χ4v) is 2.67. The molecule has 1 atom stereocenters. The number of nitrogens with zero attached hydrogens (tertiary/aromatic N) is 2. The topological polar surface area (TPSA) is 62.5 Å². The number of aromatic nitrogens is 1. The summed E-state index contributed by atoms with van der Waals surface area (Å²) in [4.78, 5) is 4.28. The molecule has 0 saturated heterocycles. The van der Waals surface area contributed by atoms with Gasteiger partial charge < -0.3 is 15.2 Å². The molecule has 1 aromatic rings. The maximum atomic E-state index is 5.23. The molecule has 1 unspecified atom stereocenters. The number of aryl methyl sites for hydroxylation is 2. The van der Waals surface area contributed by atoms with Gasteiger partial charge in [0.2, 0.25) is 0 Å². The van der Waals surface area contributed by atoms with Gasteiger partial charge in [0.1, 0.15) is 5.76 Å². The molecule has 5 nitrogen and oxygen atoms in total. The molecule has 0 fully saturated rings. The highest BCUT2D eigenvalue weighted by molar-refractivity contribution is 5.80. The lowest BCUT2D eigenvalue weighted by atomic mass is 10.00. The molecule has 0 bridgehead atoms. The Morgan fingerprint density at radius 2 is 2.15 bits per heavy atom. The first kappa shape index (κ1) is 14.6. The monoisotopic (exact) mass is 276 g/mol. The van der Waals surface area contributed by atoms with Crippen LogP contribution < -0.4 is 10.6 Å². The van der Waals surface area contributed by atoms with Crippen molar-refractivity contribution in [2.75, 3.05) is 13.6 Å². The predicted octanol–water partition coefficient (Wildman–Crippen LogP) is 2.28. The molecule has 0 aliphatic heterocycles. The summed E-state index contributed by atoms with van der Waals surface area (Å²) in [6.07, 6.45) is 6.55. The summed E-state index contributed by atoms with van der Waals surface area (Å²) in [6, 6.07) is 0.468. The van der Waals surface area contributed by atoms with Gasteiger partial charge in [-0.25, -0.2) is 0 Å². The van der Waals surface area contributed by atoms with Crippen LogP contribution >= 0.6 is 0 Å². The van der Waals surface area contributed by atoms with E-state index in [0.29, 0.717) is 12.0 Å². The molecule has 0 spiro atoms. The van der Waals surface area contributed by atoms with Crippen molar-refractivity contribution in [2.45, 2.75) is 45.6 Å². The normalized spacial score (nSPS) is 17.5. The molecule has 0 radical (unpaired) electrons. The first-order chi connectivity index (χ1) is 9.61. The Hall–Kier alpha value is -1.78. The Morgan fingerprint density at radius 1 is 1.45 bits per heavy atom. The van der Waals surface area contributed by atoms with E-state index in [-0.39, 0.29) is 0 Å². The van der Waals surface area contributed by atoms with E-state index in [0.717, 1.165) is 36.8 Å². The second kappa shape index (κ2) is 6.59. The van der Waals surface area contributed by atoms with Crippen LogP contribution in [0.1, 0.15) is 42.7 Å². The van der Waals surface area contributed by atoms with Crippen LogP contribution in [-0.2, 0) is 0 Å². The second-order valence-corrected chi connectivity index (χ2v) is 5.38. The van der Waals surface area contributed by atoms with Gasteiger partial charge in [0.15, 0.2) is 5.96 Å². The summed E-state index contributed by atoms with van der Waals surface area (Å²) in [7, 11) is 1.80. The first-order valence-electron chi connectivity index (χ1n) is 7.16. The van der Waals surface area contributed by atoms with E-state index in [1.54, 1.807) is 7.05 Å². The average Bonchev–Trinajstić information content (AvgIpc) is 3.04. The highest BCUT2D eigenvalue weighted by Gasteiger charge is 2.17. The maximum absolute atomic E-state index is 5.23. The van der Waals surface area contributed by atoms with Crippen LogP contribution in [-0.4, -0.2) is 30.8 Å². The summed E-state index contributed by atoms with van der Waals surface area (Å²) in [5, 5.41) is 10.8. The number of hydrogen-bond acceptors (Lipinski definition) is 3. The van der Waals surface area contributed by atoms with Gasteiger partial charge in [-0.2, -0.15) is 0 Å². The second-order valence-electron chi connectivity index (χ2n) is 5.38. The summed E-state index contributed by atoms with van der Waals surface area (Å²) < 4.78 is 5.23. The van der Waals surface area contributed by atoms with Crippen LogP contribution in [0.4, 0.5) is 0 Å². The molecule has 1 aliphatic rings. The lowest BCUT2D eigenvalue weighted by Crippen LogP contribution is -2.43. The van der Waals surface area contributed by atoms with Crippen molar-refractivity contribution in [3.05, 3.63) is 29.2 Å². The van der Waals surface area contributed by atoms with Gasteiger partial charge in [0, 0.05) is 31.1 Å². The number of guanidine groups is 1. The third kappa shape index (κ3) is 3.40. The molecule has 0 amide bonds. The standard InChI is InChI=1S/C15H24N4O/c1-10(14-11(2)19-20-12(14)3)9-17-15(16-4)18-13-7-5-6-8-13/h5-6,10,13H,7-9H2,1-4H3,(H2,16,17,18). The van der Waals surface area contributed by atoms with Crippen LogP contribution in [0.25, 0.3) is 0 Å². The Balaban J connectivity index is 1.87. The fraction of sp³-hybridized carbons (Fsp3) is 0.600. The fourth-order valence-electron chi connectivity index (χ4n) is 2.67. The number of nitrogens with one attached hydrogen (secondary N) is 2. The van der Waals surface area contributed by atoms with Crippen LogP contribution in [0.5, 0.6) is 0 Å². The van der Waals surface area contributed by atoms with Crippen molar-refractivity contribution in [1.82, 2.24) is 15.8 Å². The zero-order valence-corrected chi connectivity index (χ0v) is 12.7. The number of aliphatic imine (C=N–C) groups is 1. The van der Waals surface area contributed by atoms with E-state index in [1.807, 2.05) is 13.8 Å². The third-order valence-electron chi connectivity index (χ3n) is 3.73. The zero-order valence-electron chi connectivity index (χ0n) is 12.7. The molecule has 110 valence electrons. The van der Waals surface area contributed by atoms with Gasteiger partial charge in [-0.3, -0.25) is 4.99 Å². The minimum Gasteiger partial charge on any atom is -0.361 e. The van der Waals surface area contributed by atoms with E-state index in [1.165, 1.54) is 5.56 Å². The maximum Gasteiger partial charge on any atom is 0.191 e. The van der Waals surface area contributed by atoms with E-state index in [9.17, 15) is 0 Å². The smallest absolute Gasteiger partial charge is 0.191 e. The molecule has 1 aromatic heterocycles. The van der Waals surface area contributed by atoms with E-state index in [2.05, 4.69) is 39.9 Å². The van der Waals surface area contributed by atoms with Crippen molar-refractivity contribution < 1.29 is 4.52 Å². The van der Waals surface area contributed by atoms with Gasteiger partial charge >= 0.3 is 0 Å². The summed E-state index contributed by atoms with van der Waals surface area (Å²) in [5.41, 5.74) is 2.16. The van der Waals surface area contributed by atoms with E-state index < -0.39 is 0 Å². The van der Waals surface area contributed by atoms with Gasteiger partial charge in [0.25, 0.3) is 0 Å². The van der Waals surface area contributed by atoms with Gasteiger partial charge in [-0.15, -0.1) is 0 Å². The Labute approximate surface area is 120 Å². The highest BCUT2D eigenvalue weighted by atomic mass is 16.5. The number of rotatable bonds is 4. The molecular weight excluding hydrogens is 252 g/mol. The molecular formula is C15H24N4O. The quantitative estimate of drug-likeness (QED) is 0.503. The van der Waals surface area contributed by atoms with Gasteiger partial charge in [-0.05, 0) is 26.7 Å². The lowest BCUT2D eigenvalue weighted by Gasteiger charge is -2.19. The van der Waals surface area contributed by atoms with Crippen LogP contribution in [0.15, 0.2) is 21.7 Å². The van der Waals surface area contributed by atoms with Gasteiger partial charge in [0.05, 0.1) is 5.69 Å². The van der Waals surface area contributed by atoms with Crippen molar-refractivity contribution in [3.8, 4) is 0 Å². The molecule has 1 heterocycles. The molecule has 2 rings (SSSR count). The van der Waals surface area contributed by atoms with Crippen LogP contribution in [0.2, 0.25) is 0 Å². The van der Waals surface area contributed by atoms with Crippen molar-refractivity contribution in [2.24, 2.45) is 4.99 Å². The third-order valence-corrected chi connectivity index (χ3v) is 3.73. The minimum absolute atomic E-state index is 0.335. The van der Waals surface area contributed by atoms with Gasteiger partial charge in [-0.1, -0.05) is 24.2 Å². The van der Waals surface area contributed by atoms with Crippen LogP contribution in [0.3, 0.4) is 0 Å². The van der Waals surface area contributed by atoms with E-state index >= 15 is 0 Å². The predicted molar refractivity (Wildman–Crippen MR) is 81.1 cm³/mol.